The number of rotatable bonds is 4. The molecule has 0 amide bonds. The first kappa shape index (κ1) is 20.8. The Bertz CT molecular complexity index is 1360. The molecular formula is C28H27NO2. The van der Waals surface area contributed by atoms with E-state index in [4.69, 9.17) is 0 Å². The molecule has 0 fully saturated rings. The first-order valence-corrected chi connectivity index (χ1v) is 10.6. The third-order valence-corrected chi connectivity index (χ3v) is 6.16. The van der Waals surface area contributed by atoms with Crippen LogP contribution in [0.25, 0.3) is 10.9 Å². The van der Waals surface area contributed by atoms with Crippen LogP contribution < -0.4 is 5.56 Å². The van der Waals surface area contributed by atoms with Gasteiger partial charge in [0.15, 0.2) is 5.78 Å². The summed E-state index contributed by atoms with van der Waals surface area (Å²) < 4.78 is 1.80. The Labute approximate surface area is 183 Å². The van der Waals surface area contributed by atoms with E-state index in [2.05, 4.69) is 32.9 Å². The van der Waals surface area contributed by atoms with Crippen LogP contribution in [0.15, 0.2) is 65.5 Å². The quantitative estimate of drug-likeness (QED) is 0.398. The fourth-order valence-electron chi connectivity index (χ4n) is 4.35. The van der Waals surface area contributed by atoms with Crippen LogP contribution in [0.1, 0.15) is 49.3 Å². The number of ketones is 1. The first-order chi connectivity index (χ1) is 14.8. The number of carbonyl (C=O) groups is 1. The van der Waals surface area contributed by atoms with E-state index in [-0.39, 0.29) is 11.3 Å². The molecule has 3 heteroatoms. The standard InChI is InChI=1S/C28H27NO2/c1-17-11-20(4)25(21(5)12-17)16-29-26-14-19(3)18(2)13-23(26)24(15-27(29)30)28(31)22-9-7-6-8-10-22/h6-15H,16H2,1-5H3. The van der Waals surface area contributed by atoms with Gasteiger partial charge < -0.3 is 4.57 Å². The summed E-state index contributed by atoms with van der Waals surface area (Å²) in [6.45, 7) is 10.8. The Morgan fingerprint density at radius 3 is 2.03 bits per heavy atom. The topological polar surface area (TPSA) is 39.1 Å². The van der Waals surface area contributed by atoms with E-state index in [0.717, 1.165) is 27.6 Å². The lowest BCUT2D eigenvalue weighted by Crippen LogP contribution is -2.24. The number of pyridine rings is 1. The van der Waals surface area contributed by atoms with E-state index < -0.39 is 0 Å². The largest absolute Gasteiger partial charge is 0.304 e. The van der Waals surface area contributed by atoms with Gasteiger partial charge in [0, 0.05) is 22.6 Å². The molecule has 0 aliphatic rings. The molecule has 3 aromatic carbocycles. The molecule has 0 saturated carbocycles. The van der Waals surface area contributed by atoms with Gasteiger partial charge in [-0.05, 0) is 74.6 Å². The molecule has 4 aromatic rings. The molecule has 0 atom stereocenters. The minimum absolute atomic E-state index is 0.124. The highest BCUT2D eigenvalue weighted by Gasteiger charge is 2.18. The van der Waals surface area contributed by atoms with Crippen molar-refractivity contribution in [3.63, 3.8) is 0 Å². The van der Waals surface area contributed by atoms with Crippen molar-refractivity contribution in [2.24, 2.45) is 0 Å². The van der Waals surface area contributed by atoms with Crippen LogP contribution in [-0.4, -0.2) is 10.4 Å². The Kier molecular flexibility index (Phi) is 5.36. The molecule has 1 aromatic heterocycles. The minimum Gasteiger partial charge on any atom is -0.304 e. The van der Waals surface area contributed by atoms with E-state index >= 15 is 0 Å². The van der Waals surface area contributed by atoms with Gasteiger partial charge in [-0.1, -0.05) is 48.0 Å². The van der Waals surface area contributed by atoms with E-state index in [1.54, 1.807) is 16.7 Å². The summed E-state index contributed by atoms with van der Waals surface area (Å²) in [5.74, 6) is -0.124. The lowest BCUT2D eigenvalue weighted by molar-refractivity contribution is 0.104. The fourth-order valence-corrected chi connectivity index (χ4v) is 4.35. The molecule has 0 N–H and O–H groups in total. The van der Waals surface area contributed by atoms with Crippen molar-refractivity contribution in [1.82, 2.24) is 4.57 Å². The van der Waals surface area contributed by atoms with Crippen LogP contribution >= 0.6 is 0 Å². The second kappa shape index (κ2) is 7.99. The van der Waals surface area contributed by atoms with Gasteiger partial charge in [0.1, 0.15) is 0 Å². The number of hydrogen-bond donors (Lipinski definition) is 0. The Balaban J connectivity index is 1.97. The molecule has 0 aliphatic heterocycles. The molecule has 0 spiro atoms. The van der Waals surface area contributed by atoms with Crippen molar-refractivity contribution in [2.45, 2.75) is 41.2 Å². The molecule has 0 unspecified atom stereocenters. The number of aryl methyl sites for hydroxylation is 5. The number of nitrogens with zero attached hydrogens (tertiary/aromatic N) is 1. The fraction of sp³-hybridized carbons (Fsp3) is 0.214. The second-order valence-electron chi connectivity index (χ2n) is 8.51. The van der Waals surface area contributed by atoms with Gasteiger partial charge in [-0.15, -0.1) is 0 Å². The van der Waals surface area contributed by atoms with Crippen LogP contribution in [0.3, 0.4) is 0 Å². The Morgan fingerprint density at radius 1 is 0.774 bits per heavy atom. The Morgan fingerprint density at radius 2 is 1.39 bits per heavy atom. The lowest BCUT2D eigenvalue weighted by Gasteiger charge is -2.18. The predicted molar refractivity (Wildman–Crippen MR) is 127 cm³/mol. The Hall–Kier alpha value is -3.46. The molecule has 0 aliphatic carbocycles. The molecule has 0 bridgehead atoms. The van der Waals surface area contributed by atoms with Crippen molar-refractivity contribution in [2.75, 3.05) is 0 Å². The van der Waals surface area contributed by atoms with Crippen LogP contribution in [0.2, 0.25) is 0 Å². The first-order valence-electron chi connectivity index (χ1n) is 10.6. The predicted octanol–water partition coefficient (Wildman–Crippen LogP) is 5.82. The van der Waals surface area contributed by atoms with Gasteiger partial charge in [0.05, 0.1) is 12.1 Å². The summed E-state index contributed by atoms with van der Waals surface area (Å²) in [5, 5.41) is 0.818. The molecule has 1 heterocycles. The monoisotopic (exact) mass is 409 g/mol. The maximum Gasteiger partial charge on any atom is 0.252 e. The summed E-state index contributed by atoms with van der Waals surface area (Å²) in [6.07, 6.45) is 0. The van der Waals surface area contributed by atoms with E-state index in [0.29, 0.717) is 17.7 Å². The van der Waals surface area contributed by atoms with Gasteiger partial charge in [-0.2, -0.15) is 0 Å². The average molecular weight is 410 g/mol. The zero-order valence-corrected chi connectivity index (χ0v) is 18.7. The maximum atomic E-state index is 13.3. The number of aromatic nitrogens is 1. The number of benzene rings is 3. The van der Waals surface area contributed by atoms with Gasteiger partial charge in [-0.3, -0.25) is 9.59 Å². The van der Waals surface area contributed by atoms with Crippen molar-refractivity contribution in [3.8, 4) is 0 Å². The van der Waals surface area contributed by atoms with Crippen molar-refractivity contribution >= 4 is 16.7 Å². The number of hydrogen-bond acceptors (Lipinski definition) is 2. The van der Waals surface area contributed by atoms with Gasteiger partial charge >= 0.3 is 0 Å². The number of carbonyl (C=O) groups excluding carboxylic acids is 1. The summed E-state index contributed by atoms with van der Waals surface area (Å²) in [7, 11) is 0. The number of fused-ring (bicyclic) bond motifs is 1. The summed E-state index contributed by atoms with van der Waals surface area (Å²) in [4.78, 5) is 26.6. The molecule has 3 nitrogen and oxygen atoms in total. The molecule has 0 saturated heterocycles. The van der Waals surface area contributed by atoms with Crippen LogP contribution in [0.4, 0.5) is 0 Å². The van der Waals surface area contributed by atoms with Gasteiger partial charge in [0.25, 0.3) is 5.56 Å². The van der Waals surface area contributed by atoms with E-state index in [1.807, 2.05) is 44.2 Å². The van der Waals surface area contributed by atoms with Crippen molar-refractivity contribution < 1.29 is 4.79 Å². The van der Waals surface area contributed by atoms with Gasteiger partial charge in [-0.25, -0.2) is 0 Å². The molecule has 31 heavy (non-hydrogen) atoms. The zero-order valence-electron chi connectivity index (χ0n) is 18.7. The zero-order chi connectivity index (χ0) is 22.3. The third kappa shape index (κ3) is 3.84. The van der Waals surface area contributed by atoms with Crippen molar-refractivity contribution in [3.05, 3.63) is 116 Å². The molecule has 156 valence electrons. The summed E-state index contributed by atoms with van der Waals surface area (Å²) in [6, 6.07) is 19.0. The van der Waals surface area contributed by atoms with Crippen molar-refractivity contribution in [1.29, 1.82) is 0 Å². The van der Waals surface area contributed by atoms with E-state index in [9.17, 15) is 9.59 Å². The summed E-state index contributed by atoms with van der Waals surface area (Å²) >= 11 is 0. The molecule has 0 radical (unpaired) electrons. The highest BCUT2D eigenvalue weighted by Crippen LogP contribution is 2.26. The highest BCUT2D eigenvalue weighted by atomic mass is 16.1. The second-order valence-corrected chi connectivity index (χ2v) is 8.51. The third-order valence-electron chi connectivity index (χ3n) is 6.16. The normalized spacial score (nSPS) is 11.1. The van der Waals surface area contributed by atoms with Crippen LogP contribution in [-0.2, 0) is 6.54 Å². The summed E-state index contributed by atoms with van der Waals surface area (Å²) in [5.41, 5.74) is 8.60. The SMILES string of the molecule is Cc1cc(C)c(Cn2c(=O)cc(C(=O)c3ccccc3)c3cc(C)c(C)cc32)c(C)c1. The van der Waals surface area contributed by atoms with Gasteiger partial charge in [0.2, 0.25) is 0 Å². The maximum absolute atomic E-state index is 13.3. The molecular weight excluding hydrogens is 382 g/mol. The average Bonchev–Trinajstić information content (AvgIpc) is 2.73. The molecule has 4 rings (SSSR count). The lowest BCUT2D eigenvalue weighted by atomic mass is 9.96. The smallest absolute Gasteiger partial charge is 0.252 e. The van der Waals surface area contributed by atoms with Crippen LogP contribution in [0.5, 0.6) is 0 Å². The minimum atomic E-state index is -0.158. The van der Waals surface area contributed by atoms with Crippen LogP contribution in [0, 0.1) is 34.6 Å². The highest BCUT2D eigenvalue weighted by molar-refractivity contribution is 6.16. The van der Waals surface area contributed by atoms with E-state index in [1.165, 1.54) is 22.8 Å².